The van der Waals surface area contributed by atoms with Crippen LogP contribution in [0.15, 0.2) is 0 Å². The van der Waals surface area contributed by atoms with Gasteiger partial charge in [0.15, 0.2) is 0 Å². The SMILES string of the molecule is CC[C@]1(O)CC[C@H]2C3CC[C@H]4N(C)C(=O)CC[C@]4(C)C3CC[C@@]21C. The van der Waals surface area contributed by atoms with Crippen LogP contribution in [0.3, 0.4) is 0 Å². The van der Waals surface area contributed by atoms with Crippen molar-refractivity contribution >= 4 is 5.91 Å². The quantitative estimate of drug-likeness (QED) is 0.788. The average molecular weight is 334 g/mol. The molecule has 3 aliphatic carbocycles. The highest BCUT2D eigenvalue weighted by Crippen LogP contribution is 2.67. The molecule has 2 unspecified atom stereocenters. The van der Waals surface area contributed by atoms with Crippen molar-refractivity contribution < 1.29 is 9.90 Å². The molecular weight excluding hydrogens is 298 g/mol. The molecule has 0 bridgehead atoms. The molecule has 0 aromatic heterocycles. The summed E-state index contributed by atoms with van der Waals surface area (Å²) in [5.74, 6) is 2.52. The van der Waals surface area contributed by atoms with Crippen LogP contribution in [-0.4, -0.2) is 34.6 Å². The zero-order chi connectivity index (χ0) is 17.3. The number of aliphatic hydroxyl groups is 1. The van der Waals surface area contributed by atoms with E-state index in [1.165, 1.54) is 25.7 Å². The topological polar surface area (TPSA) is 40.5 Å². The van der Waals surface area contributed by atoms with Crippen LogP contribution in [0.4, 0.5) is 0 Å². The van der Waals surface area contributed by atoms with E-state index >= 15 is 0 Å². The lowest BCUT2D eigenvalue weighted by molar-refractivity contribution is -0.169. The zero-order valence-corrected chi connectivity index (χ0v) is 16.0. The van der Waals surface area contributed by atoms with E-state index in [0.29, 0.717) is 23.3 Å². The molecule has 0 aromatic rings. The van der Waals surface area contributed by atoms with Gasteiger partial charge < -0.3 is 10.0 Å². The molecule has 1 saturated heterocycles. The zero-order valence-electron chi connectivity index (χ0n) is 16.0. The summed E-state index contributed by atoms with van der Waals surface area (Å²) in [6.07, 6.45) is 9.73. The van der Waals surface area contributed by atoms with E-state index in [2.05, 4.69) is 25.7 Å². The van der Waals surface area contributed by atoms with Gasteiger partial charge in [-0.1, -0.05) is 20.8 Å². The Bertz CT molecular complexity index is 548. The standard InChI is InChI=1S/C21H35NO2/c1-5-21(24)13-9-16-14-6-7-17-19(2,11-10-18(23)22(17)4)15(14)8-12-20(16,21)3/h14-17,24H,5-13H2,1-4H3/t14?,15?,16-,17+,19+,20-,21-/m0/s1. The first-order valence-corrected chi connectivity index (χ1v) is 10.2. The highest BCUT2D eigenvalue weighted by atomic mass is 16.3. The van der Waals surface area contributed by atoms with Crippen molar-refractivity contribution in [2.75, 3.05) is 7.05 Å². The van der Waals surface area contributed by atoms with Gasteiger partial charge in [0, 0.05) is 19.5 Å². The van der Waals surface area contributed by atoms with Crippen molar-refractivity contribution in [3.05, 3.63) is 0 Å². The van der Waals surface area contributed by atoms with Crippen LogP contribution in [0.1, 0.15) is 78.6 Å². The number of likely N-dealkylation sites (tertiary alicyclic amines) is 1. The molecule has 4 fully saturated rings. The fourth-order valence-corrected chi connectivity index (χ4v) is 7.84. The summed E-state index contributed by atoms with van der Waals surface area (Å²) in [7, 11) is 2.03. The van der Waals surface area contributed by atoms with Crippen molar-refractivity contribution in [3.63, 3.8) is 0 Å². The lowest BCUT2D eigenvalue weighted by Gasteiger charge is -2.62. The first-order valence-electron chi connectivity index (χ1n) is 10.2. The molecule has 1 N–H and O–H groups in total. The molecular formula is C21H35NO2. The predicted molar refractivity (Wildman–Crippen MR) is 95.4 cm³/mol. The minimum Gasteiger partial charge on any atom is -0.389 e. The van der Waals surface area contributed by atoms with E-state index in [1.54, 1.807) is 0 Å². The predicted octanol–water partition coefficient (Wildman–Crippen LogP) is 3.99. The first-order chi connectivity index (χ1) is 11.3. The van der Waals surface area contributed by atoms with Crippen molar-refractivity contribution in [1.82, 2.24) is 4.90 Å². The molecule has 1 aliphatic heterocycles. The summed E-state index contributed by atoms with van der Waals surface area (Å²) in [5.41, 5.74) is -0.0396. The van der Waals surface area contributed by atoms with E-state index in [9.17, 15) is 9.90 Å². The van der Waals surface area contributed by atoms with E-state index < -0.39 is 5.60 Å². The Morgan fingerprint density at radius 2 is 1.79 bits per heavy atom. The maximum absolute atomic E-state index is 12.2. The third-order valence-corrected chi connectivity index (χ3v) is 9.46. The van der Waals surface area contributed by atoms with Crippen LogP contribution in [0.25, 0.3) is 0 Å². The highest BCUT2D eigenvalue weighted by Gasteiger charge is 2.64. The van der Waals surface area contributed by atoms with Gasteiger partial charge >= 0.3 is 0 Å². The monoisotopic (exact) mass is 333 g/mol. The first kappa shape index (κ1) is 16.9. The van der Waals surface area contributed by atoms with Crippen LogP contribution < -0.4 is 0 Å². The Morgan fingerprint density at radius 1 is 1.08 bits per heavy atom. The van der Waals surface area contributed by atoms with Gasteiger partial charge in [-0.2, -0.15) is 0 Å². The molecule has 1 heterocycles. The number of hydrogen-bond acceptors (Lipinski definition) is 2. The number of hydrogen-bond donors (Lipinski definition) is 1. The second kappa shape index (κ2) is 5.22. The van der Waals surface area contributed by atoms with Gasteiger partial charge in [0.25, 0.3) is 0 Å². The van der Waals surface area contributed by atoms with E-state index in [-0.39, 0.29) is 5.41 Å². The van der Waals surface area contributed by atoms with Gasteiger partial charge in [-0.15, -0.1) is 0 Å². The molecule has 3 heteroatoms. The maximum atomic E-state index is 12.2. The molecule has 0 aromatic carbocycles. The fourth-order valence-electron chi connectivity index (χ4n) is 7.84. The van der Waals surface area contributed by atoms with Gasteiger partial charge in [0.05, 0.1) is 5.60 Å². The number of rotatable bonds is 1. The molecule has 0 spiro atoms. The van der Waals surface area contributed by atoms with E-state index in [4.69, 9.17) is 0 Å². The number of carbonyl (C=O) groups is 1. The van der Waals surface area contributed by atoms with Crippen LogP contribution in [-0.2, 0) is 4.79 Å². The highest BCUT2D eigenvalue weighted by molar-refractivity contribution is 5.77. The summed E-state index contributed by atoms with van der Waals surface area (Å²) in [5, 5.41) is 11.3. The minimum absolute atomic E-state index is 0.114. The summed E-state index contributed by atoms with van der Waals surface area (Å²) < 4.78 is 0. The van der Waals surface area contributed by atoms with Crippen molar-refractivity contribution in [2.24, 2.45) is 28.6 Å². The maximum Gasteiger partial charge on any atom is 0.222 e. The minimum atomic E-state index is -0.445. The summed E-state index contributed by atoms with van der Waals surface area (Å²) in [6, 6.07) is 0.441. The summed E-state index contributed by atoms with van der Waals surface area (Å²) >= 11 is 0. The molecule has 3 saturated carbocycles. The molecule has 1 amide bonds. The molecule has 0 radical (unpaired) electrons. The molecule has 136 valence electrons. The Hall–Kier alpha value is -0.570. The van der Waals surface area contributed by atoms with Gasteiger partial charge in [-0.25, -0.2) is 0 Å². The third kappa shape index (κ3) is 1.91. The van der Waals surface area contributed by atoms with E-state index in [0.717, 1.165) is 43.9 Å². The third-order valence-electron chi connectivity index (χ3n) is 9.46. The Kier molecular flexibility index (Phi) is 3.67. The van der Waals surface area contributed by atoms with Crippen LogP contribution in [0, 0.1) is 28.6 Å². The largest absolute Gasteiger partial charge is 0.389 e. The second-order valence-electron chi connectivity index (χ2n) is 9.86. The van der Waals surface area contributed by atoms with Gasteiger partial charge in [-0.3, -0.25) is 4.79 Å². The van der Waals surface area contributed by atoms with Gasteiger partial charge in [0.1, 0.15) is 0 Å². The van der Waals surface area contributed by atoms with Crippen molar-refractivity contribution in [2.45, 2.75) is 90.2 Å². The number of piperidine rings is 1. The van der Waals surface area contributed by atoms with E-state index in [1.807, 2.05) is 7.05 Å². The van der Waals surface area contributed by atoms with Crippen LogP contribution >= 0.6 is 0 Å². The molecule has 4 aliphatic rings. The van der Waals surface area contributed by atoms with Crippen LogP contribution in [0.2, 0.25) is 0 Å². The Balaban J connectivity index is 1.65. The van der Waals surface area contributed by atoms with Crippen molar-refractivity contribution in [1.29, 1.82) is 0 Å². The van der Waals surface area contributed by atoms with Gasteiger partial charge in [0.2, 0.25) is 5.91 Å². The fraction of sp³-hybridized carbons (Fsp3) is 0.952. The summed E-state index contributed by atoms with van der Waals surface area (Å²) in [4.78, 5) is 14.3. The number of carbonyl (C=O) groups excluding carboxylic acids is 1. The molecule has 24 heavy (non-hydrogen) atoms. The molecule has 3 nitrogen and oxygen atoms in total. The Morgan fingerprint density at radius 3 is 2.50 bits per heavy atom. The smallest absolute Gasteiger partial charge is 0.222 e. The number of fused-ring (bicyclic) bond motifs is 5. The molecule has 7 atom stereocenters. The molecule has 4 rings (SSSR count). The Labute approximate surface area is 147 Å². The van der Waals surface area contributed by atoms with Gasteiger partial charge in [-0.05, 0) is 80.0 Å². The summed E-state index contributed by atoms with van der Waals surface area (Å²) in [6.45, 7) is 7.02. The number of amides is 1. The van der Waals surface area contributed by atoms with Crippen molar-refractivity contribution in [3.8, 4) is 0 Å². The van der Waals surface area contributed by atoms with Crippen LogP contribution in [0.5, 0.6) is 0 Å². The second-order valence-corrected chi connectivity index (χ2v) is 9.86. The normalized spacial score (nSPS) is 54.2. The number of nitrogens with zero attached hydrogens (tertiary/aromatic N) is 1. The average Bonchev–Trinajstić information content (AvgIpc) is 2.84. The lowest BCUT2D eigenvalue weighted by atomic mass is 9.46. The lowest BCUT2D eigenvalue weighted by Crippen LogP contribution is -2.62.